The van der Waals surface area contributed by atoms with Crippen LogP contribution in [0, 0.1) is 6.92 Å². The SMILES string of the molecule is COc1cccc(C(=O)NNC=C2CCCCC2)c1C. The average Bonchev–Trinajstić information content (AvgIpc) is 2.48. The summed E-state index contributed by atoms with van der Waals surface area (Å²) in [5, 5.41) is 0. The Kier molecular flexibility index (Phi) is 5.04. The van der Waals surface area contributed by atoms with Crippen molar-refractivity contribution in [2.75, 3.05) is 7.11 Å². The summed E-state index contributed by atoms with van der Waals surface area (Å²) < 4.78 is 5.22. The van der Waals surface area contributed by atoms with Crippen LogP contribution in [0.3, 0.4) is 0 Å². The predicted molar refractivity (Wildman–Crippen MR) is 79.5 cm³/mol. The highest BCUT2D eigenvalue weighted by atomic mass is 16.5. The van der Waals surface area contributed by atoms with Crippen LogP contribution in [0.25, 0.3) is 0 Å². The monoisotopic (exact) mass is 274 g/mol. The maximum atomic E-state index is 12.1. The molecule has 1 aliphatic rings. The lowest BCUT2D eigenvalue weighted by Crippen LogP contribution is -2.34. The molecule has 4 heteroatoms. The van der Waals surface area contributed by atoms with E-state index < -0.39 is 0 Å². The molecule has 0 unspecified atom stereocenters. The van der Waals surface area contributed by atoms with Crippen molar-refractivity contribution in [1.29, 1.82) is 0 Å². The summed E-state index contributed by atoms with van der Waals surface area (Å²) >= 11 is 0. The number of hydrogen-bond donors (Lipinski definition) is 2. The molecule has 1 aliphatic carbocycles. The topological polar surface area (TPSA) is 50.4 Å². The molecule has 0 heterocycles. The van der Waals surface area contributed by atoms with Crippen molar-refractivity contribution in [2.45, 2.75) is 39.0 Å². The molecule has 2 N–H and O–H groups in total. The van der Waals surface area contributed by atoms with Gasteiger partial charge in [-0.1, -0.05) is 18.1 Å². The van der Waals surface area contributed by atoms with E-state index in [1.165, 1.54) is 24.8 Å². The van der Waals surface area contributed by atoms with Crippen molar-refractivity contribution in [3.05, 3.63) is 41.1 Å². The van der Waals surface area contributed by atoms with Gasteiger partial charge in [-0.15, -0.1) is 0 Å². The van der Waals surface area contributed by atoms with E-state index in [1.54, 1.807) is 13.2 Å². The van der Waals surface area contributed by atoms with Gasteiger partial charge in [0.25, 0.3) is 5.91 Å². The molecule has 0 atom stereocenters. The molecule has 0 spiro atoms. The van der Waals surface area contributed by atoms with Crippen molar-refractivity contribution in [3.63, 3.8) is 0 Å². The van der Waals surface area contributed by atoms with Gasteiger partial charge in [-0.05, 0) is 44.7 Å². The predicted octanol–water partition coefficient (Wildman–Crippen LogP) is 3.09. The number of benzene rings is 1. The van der Waals surface area contributed by atoms with Crippen LogP contribution in [0.1, 0.15) is 48.0 Å². The second kappa shape index (κ2) is 6.98. The first kappa shape index (κ1) is 14.4. The fourth-order valence-corrected chi connectivity index (χ4v) is 2.50. The van der Waals surface area contributed by atoms with Crippen LogP contribution in [0.4, 0.5) is 0 Å². The summed E-state index contributed by atoms with van der Waals surface area (Å²) in [7, 11) is 1.61. The fraction of sp³-hybridized carbons (Fsp3) is 0.438. The van der Waals surface area contributed by atoms with E-state index in [-0.39, 0.29) is 5.91 Å². The molecule has 0 radical (unpaired) electrons. The van der Waals surface area contributed by atoms with Gasteiger partial charge in [0.15, 0.2) is 0 Å². The first-order chi connectivity index (χ1) is 9.72. The van der Waals surface area contributed by atoms with Gasteiger partial charge in [0.2, 0.25) is 0 Å². The number of ether oxygens (including phenoxy) is 1. The Labute approximate surface area is 120 Å². The summed E-state index contributed by atoms with van der Waals surface area (Å²) in [6, 6.07) is 5.46. The maximum absolute atomic E-state index is 12.1. The molecule has 4 nitrogen and oxygen atoms in total. The standard InChI is InChI=1S/C16H22N2O2/c1-12-14(9-6-10-15(12)20-2)16(19)18-17-11-13-7-4-3-5-8-13/h6,9-11,17H,3-5,7-8H2,1-2H3,(H,18,19). The zero-order valence-corrected chi connectivity index (χ0v) is 12.2. The number of amides is 1. The average molecular weight is 274 g/mol. The van der Waals surface area contributed by atoms with Crippen LogP contribution in [-0.4, -0.2) is 13.0 Å². The normalized spacial score (nSPS) is 14.6. The van der Waals surface area contributed by atoms with Gasteiger partial charge in [0.1, 0.15) is 5.75 Å². The molecule has 20 heavy (non-hydrogen) atoms. The number of rotatable bonds is 4. The molecule has 108 valence electrons. The molecule has 1 amide bonds. The van der Waals surface area contributed by atoms with Gasteiger partial charge in [-0.25, -0.2) is 0 Å². The van der Waals surface area contributed by atoms with Crippen LogP contribution in [0.2, 0.25) is 0 Å². The minimum absolute atomic E-state index is 0.144. The van der Waals surface area contributed by atoms with E-state index >= 15 is 0 Å². The van der Waals surface area contributed by atoms with E-state index in [0.29, 0.717) is 5.56 Å². The maximum Gasteiger partial charge on any atom is 0.269 e. The summed E-state index contributed by atoms with van der Waals surface area (Å²) in [4.78, 5) is 12.1. The van der Waals surface area contributed by atoms with E-state index in [1.807, 2.05) is 25.3 Å². The second-order valence-electron chi connectivity index (χ2n) is 5.09. The number of methoxy groups -OCH3 is 1. The number of carbonyl (C=O) groups excluding carboxylic acids is 1. The van der Waals surface area contributed by atoms with Gasteiger partial charge in [-0.3, -0.25) is 10.2 Å². The number of hydrogen-bond acceptors (Lipinski definition) is 3. The Bertz CT molecular complexity index is 501. The molecule has 1 saturated carbocycles. The number of carbonyl (C=O) groups is 1. The summed E-state index contributed by atoms with van der Waals surface area (Å²) in [6.45, 7) is 1.88. The summed E-state index contributed by atoms with van der Waals surface area (Å²) in [5.41, 5.74) is 8.48. The van der Waals surface area contributed by atoms with Crippen LogP contribution < -0.4 is 15.6 Å². The molecule has 1 aromatic rings. The lowest BCUT2D eigenvalue weighted by atomic mass is 9.96. The van der Waals surface area contributed by atoms with Crippen molar-refractivity contribution in [2.24, 2.45) is 0 Å². The molecule has 0 aliphatic heterocycles. The van der Waals surface area contributed by atoms with Gasteiger partial charge in [0.05, 0.1) is 7.11 Å². The fourth-order valence-electron chi connectivity index (χ4n) is 2.50. The highest BCUT2D eigenvalue weighted by Gasteiger charge is 2.11. The summed E-state index contributed by atoms with van der Waals surface area (Å²) in [5.74, 6) is 0.581. The van der Waals surface area contributed by atoms with Crippen molar-refractivity contribution in [1.82, 2.24) is 10.9 Å². The van der Waals surface area contributed by atoms with Gasteiger partial charge < -0.3 is 10.2 Å². The van der Waals surface area contributed by atoms with Crippen molar-refractivity contribution < 1.29 is 9.53 Å². The molecule has 1 aromatic carbocycles. The minimum Gasteiger partial charge on any atom is -0.496 e. The van der Waals surface area contributed by atoms with Gasteiger partial charge >= 0.3 is 0 Å². The van der Waals surface area contributed by atoms with E-state index in [2.05, 4.69) is 10.9 Å². The quantitative estimate of drug-likeness (QED) is 0.830. The van der Waals surface area contributed by atoms with Crippen molar-refractivity contribution in [3.8, 4) is 5.75 Å². The highest BCUT2D eigenvalue weighted by molar-refractivity contribution is 5.95. The molecule has 1 fully saturated rings. The van der Waals surface area contributed by atoms with Crippen LogP contribution in [0.5, 0.6) is 5.75 Å². The third-order valence-electron chi connectivity index (χ3n) is 3.71. The number of hydrazine groups is 1. The Balaban J connectivity index is 1.95. The Morgan fingerprint density at radius 1 is 1.25 bits per heavy atom. The smallest absolute Gasteiger partial charge is 0.269 e. The first-order valence-corrected chi connectivity index (χ1v) is 7.09. The number of nitrogens with one attached hydrogen (secondary N) is 2. The Morgan fingerprint density at radius 2 is 2.00 bits per heavy atom. The molecule has 0 aromatic heterocycles. The zero-order valence-electron chi connectivity index (χ0n) is 12.2. The second-order valence-corrected chi connectivity index (χ2v) is 5.09. The summed E-state index contributed by atoms with van der Waals surface area (Å²) in [6.07, 6.45) is 7.98. The lowest BCUT2D eigenvalue weighted by molar-refractivity contribution is 0.0940. The van der Waals surface area contributed by atoms with E-state index in [9.17, 15) is 4.79 Å². The third-order valence-corrected chi connectivity index (χ3v) is 3.71. The molecular formula is C16H22N2O2. The molecular weight excluding hydrogens is 252 g/mol. The van der Waals surface area contributed by atoms with Crippen LogP contribution >= 0.6 is 0 Å². The zero-order chi connectivity index (χ0) is 14.4. The van der Waals surface area contributed by atoms with Crippen LogP contribution in [-0.2, 0) is 0 Å². The minimum atomic E-state index is -0.144. The van der Waals surface area contributed by atoms with Gasteiger partial charge in [0, 0.05) is 17.3 Å². The lowest BCUT2D eigenvalue weighted by Gasteiger charge is -2.14. The largest absolute Gasteiger partial charge is 0.496 e. The molecule has 0 bridgehead atoms. The Hall–Kier alpha value is -1.97. The first-order valence-electron chi connectivity index (χ1n) is 7.09. The molecule has 0 saturated heterocycles. The Morgan fingerprint density at radius 3 is 2.70 bits per heavy atom. The number of allylic oxidation sites excluding steroid dienone is 1. The third kappa shape index (κ3) is 3.53. The molecule has 2 rings (SSSR count). The van der Waals surface area contributed by atoms with Crippen molar-refractivity contribution >= 4 is 5.91 Å². The van der Waals surface area contributed by atoms with E-state index in [4.69, 9.17) is 4.74 Å². The van der Waals surface area contributed by atoms with E-state index in [0.717, 1.165) is 24.2 Å². The van der Waals surface area contributed by atoms with Crippen LogP contribution in [0.15, 0.2) is 30.0 Å². The highest BCUT2D eigenvalue weighted by Crippen LogP contribution is 2.22. The van der Waals surface area contributed by atoms with Gasteiger partial charge in [-0.2, -0.15) is 0 Å².